The highest BCUT2D eigenvalue weighted by Gasteiger charge is 2.22. The Balaban J connectivity index is 1.96. The quantitative estimate of drug-likeness (QED) is 0.741. The highest BCUT2D eigenvalue weighted by atomic mass is 35.5. The van der Waals surface area contributed by atoms with Crippen LogP contribution in [0.2, 0.25) is 0 Å². The fraction of sp³-hybridized carbons (Fsp3) is 0.600. The Morgan fingerprint density at radius 3 is 3.33 bits per heavy atom. The molecule has 2 rings (SSSR count). The van der Waals surface area contributed by atoms with Crippen molar-refractivity contribution in [1.82, 2.24) is 15.5 Å². The topological polar surface area (TPSA) is 57.8 Å². The summed E-state index contributed by atoms with van der Waals surface area (Å²) in [6, 6.07) is 0.187. The van der Waals surface area contributed by atoms with Crippen molar-refractivity contribution in [3.05, 3.63) is 17.5 Å². The van der Waals surface area contributed by atoms with Gasteiger partial charge in [-0.05, 0) is 25.3 Å². The van der Waals surface area contributed by atoms with E-state index in [0.29, 0.717) is 0 Å². The van der Waals surface area contributed by atoms with Gasteiger partial charge in [-0.25, -0.2) is 0 Å². The molecule has 1 aromatic rings. The van der Waals surface area contributed by atoms with E-state index in [-0.39, 0.29) is 11.9 Å². The number of fused-ring (bicyclic) bond motifs is 1. The smallest absolute Gasteiger partial charge is 0.237 e. The molecule has 1 heterocycles. The maximum absolute atomic E-state index is 11.4. The van der Waals surface area contributed by atoms with Crippen LogP contribution in [0.5, 0.6) is 0 Å². The van der Waals surface area contributed by atoms with Crippen molar-refractivity contribution in [2.24, 2.45) is 0 Å². The summed E-state index contributed by atoms with van der Waals surface area (Å²) < 4.78 is 0. The first-order valence-corrected chi connectivity index (χ1v) is 5.56. The van der Waals surface area contributed by atoms with Crippen LogP contribution in [0.1, 0.15) is 24.6 Å². The molecule has 2 N–H and O–H groups in total. The molecule has 0 aliphatic heterocycles. The van der Waals surface area contributed by atoms with Gasteiger partial charge in [-0.3, -0.25) is 9.89 Å². The lowest BCUT2D eigenvalue weighted by Gasteiger charge is -2.23. The van der Waals surface area contributed by atoms with E-state index < -0.39 is 5.38 Å². The van der Waals surface area contributed by atoms with Crippen molar-refractivity contribution in [3.63, 3.8) is 0 Å². The highest BCUT2D eigenvalue weighted by molar-refractivity contribution is 6.30. The molecule has 5 heteroatoms. The molecule has 0 saturated carbocycles. The Labute approximate surface area is 93.4 Å². The number of nitrogens with zero attached hydrogens (tertiary/aromatic N) is 1. The second-order valence-corrected chi connectivity index (χ2v) is 4.59. The number of halogens is 1. The van der Waals surface area contributed by atoms with Gasteiger partial charge in [0.2, 0.25) is 5.91 Å². The van der Waals surface area contributed by atoms with Crippen molar-refractivity contribution in [2.45, 2.75) is 37.6 Å². The average molecular weight is 228 g/mol. The molecule has 2 atom stereocenters. The zero-order chi connectivity index (χ0) is 10.8. The first-order valence-electron chi connectivity index (χ1n) is 5.12. The maximum Gasteiger partial charge on any atom is 0.237 e. The number of nitrogens with one attached hydrogen (secondary N) is 2. The predicted octanol–water partition coefficient (Wildman–Crippen LogP) is 1.01. The van der Waals surface area contributed by atoms with Gasteiger partial charge in [-0.15, -0.1) is 11.6 Å². The van der Waals surface area contributed by atoms with Crippen LogP contribution in [-0.4, -0.2) is 27.5 Å². The van der Waals surface area contributed by atoms with Gasteiger partial charge >= 0.3 is 0 Å². The molecule has 4 nitrogen and oxygen atoms in total. The molecule has 0 fully saturated rings. The van der Waals surface area contributed by atoms with Gasteiger partial charge in [0.15, 0.2) is 0 Å². The lowest BCUT2D eigenvalue weighted by molar-refractivity contribution is -0.121. The standard InChI is InChI=1S/C10H14ClN3O/c1-6(11)10(15)13-8-3-2-7-5-12-14-9(7)4-8/h5-6,8H,2-4H2,1H3,(H,12,14)(H,13,15). The number of aromatic nitrogens is 2. The number of amides is 1. The number of hydrogen-bond acceptors (Lipinski definition) is 2. The molecule has 1 amide bonds. The molecule has 1 aromatic heterocycles. The number of H-pyrrole nitrogens is 1. The van der Waals surface area contributed by atoms with Gasteiger partial charge in [-0.2, -0.15) is 5.10 Å². The first kappa shape index (κ1) is 10.5. The molecule has 1 aliphatic rings. The van der Waals surface area contributed by atoms with Crippen LogP contribution >= 0.6 is 11.6 Å². The minimum atomic E-state index is -0.465. The van der Waals surface area contributed by atoms with Gasteiger partial charge < -0.3 is 5.32 Å². The lowest BCUT2D eigenvalue weighted by atomic mass is 9.94. The zero-order valence-electron chi connectivity index (χ0n) is 8.59. The summed E-state index contributed by atoms with van der Waals surface area (Å²) in [5, 5.41) is 9.41. The van der Waals surface area contributed by atoms with E-state index in [1.54, 1.807) is 6.92 Å². The summed E-state index contributed by atoms with van der Waals surface area (Å²) in [5.74, 6) is -0.0929. The summed E-state index contributed by atoms with van der Waals surface area (Å²) in [6.45, 7) is 1.68. The number of aryl methyl sites for hydroxylation is 1. The molecule has 0 saturated heterocycles. The van der Waals surface area contributed by atoms with E-state index in [9.17, 15) is 4.79 Å². The van der Waals surface area contributed by atoms with E-state index in [4.69, 9.17) is 11.6 Å². The Bertz CT molecular complexity index is 361. The highest BCUT2D eigenvalue weighted by Crippen LogP contribution is 2.18. The molecular weight excluding hydrogens is 214 g/mol. The van der Waals surface area contributed by atoms with Crippen LogP contribution in [0, 0.1) is 0 Å². The summed E-state index contributed by atoms with van der Waals surface area (Å²) >= 11 is 5.69. The van der Waals surface area contributed by atoms with Crippen LogP contribution in [0.4, 0.5) is 0 Å². The van der Waals surface area contributed by atoms with E-state index >= 15 is 0 Å². The monoisotopic (exact) mass is 227 g/mol. The third-order valence-corrected chi connectivity index (χ3v) is 2.93. The van der Waals surface area contributed by atoms with E-state index in [0.717, 1.165) is 25.0 Å². The third-order valence-electron chi connectivity index (χ3n) is 2.73. The van der Waals surface area contributed by atoms with Crippen molar-refractivity contribution >= 4 is 17.5 Å². The Kier molecular flexibility index (Phi) is 2.95. The van der Waals surface area contributed by atoms with Crippen molar-refractivity contribution in [2.75, 3.05) is 0 Å². The molecule has 82 valence electrons. The van der Waals surface area contributed by atoms with Crippen LogP contribution < -0.4 is 5.32 Å². The number of carbonyl (C=O) groups is 1. The van der Waals surface area contributed by atoms with Crippen molar-refractivity contribution < 1.29 is 4.79 Å². The summed E-state index contributed by atoms with van der Waals surface area (Å²) in [4.78, 5) is 11.4. The second kappa shape index (κ2) is 4.23. The van der Waals surface area contributed by atoms with Crippen molar-refractivity contribution in [3.8, 4) is 0 Å². The van der Waals surface area contributed by atoms with Crippen LogP contribution in [0.25, 0.3) is 0 Å². The second-order valence-electron chi connectivity index (χ2n) is 3.94. The average Bonchev–Trinajstić information content (AvgIpc) is 2.64. The molecular formula is C10H14ClN3O. The van der Waals surface area contributed by atoms with Crippen LogP contribution in [0.15, 0.2) is 6.20 Å². The number of hydrogen-bond donors (Lipinski definition) is 2. The minimum Gasteiger partial charge on any atom is -0.352 e. The largest absolute Gasteiger partial charge is 0.352 e. The van der Waals surface area contributed by atoms with Crippen molar-refractivity contribution in [1.29, 1.82) is 0 Å². The maximum atomic E-state index is 11.4. The van der Waals surface area contributed by atoms with Gasteiger partial charge in [0.05, 0.1) is 6.20 Å². The molecule has 0 aromatic carbocycles. The minimum absolute atomic E-state index is 0.0929. The SMILES string of the molecule is CC(Cl)C(=O)NC1CCc2cn[nH]c2C1. The number of carbonyl (C=O) groups excluding carboxylic acids is 1. The van der Waals surface area contributed by atoms with Crippen LogP contribution in [0.3, 0.4) is 0 Å². The van der Waals surface area contributed by atoms with E-state index in [2.05, 4.69) is 15.5 Å². The third kappa shape index (κ3) is 2.31. The molecule has 15 heavy (non-hydrogen) atoms. The zero-order valence-corrected chi connectivity index (χ0v) is 9.34. The predicted molar refractivity (Wildman–Crippen MR) is 57.9 cm³/mol. The summed E-state index contributed by atoms with van der Waals surface area (Å²) in [5.41, 5.74) is 2.40. The summed E-state index contributed by atoms with van der Waals surface area (Å²) in [7, 11) is 0. The lowest BCUT2D eigenvalue weighted by Crippen LogP contribution is -2.41. The fourth-order valence-electron chi connectivity index (χ4n) is 1.85. The van der Waals surface area contributed by atoms with Crippen LogP contribution in [-0.2, 0) is 17.6 Å². The molecule has 0 bridgehead atoms. The molecule has 0 radical (unpaired) electrons. The Morgan fingerprint density at radius 1 is 1.80 bits per heavy atom. The van der Waals surface area contributed by atoms with Gasteiger partial charge in [-0.1, -0.05) is 0 Å². The first-order chi connectivity index (χ1) is 7.16. The number of rotatable bonds is 2. The molecule has 1 aliphatic carbocycles. The fourth-order valence-corrected chi connectivity index (χ4v) is 1.91. The Hall–Kier alpha value is -1.03. The normalized spacial score (nSPS) is 21.9. The number of aromatic amines is 1. The molecule has 0 spiro atoms. The van der Waals surface area contributed by atoms with Gasteiger partial charge in [0, 0.05) is 18.2 Å². The van der Waals surface area contributed by atoms with E-state index in [1.165, 1.54) is 5.56 Å². The molecule has 2 unspecified atom stereocenters. The van der Waals surface area contributed by atoms with Gasteiger partial charge in [0.1, 0.15) is 5.38 Å². The summed E-state index contributed by atoms with van der Waals surface area (Å²) in [6.07, 6.45) is 4.61. The van der Waals surface area contributed by atoms with E-state index in [1.807, 2.05) is 6.20 Å². The number of alkyl halides is 1. The van der Waals surface area contributed by atoms with Gasteiger partial charge in [0.25, 0.3) is 0 Å². The Morgan fingerprint density at radius 2 is 2.60 bits per heavy atom.